The highest BCUT2D eigenvalue weighted by atomic mass is 16.3. The lowest BCUT2D eigenvalue weighted by molar-refractivity contribution is -0.0249. The lowest BCUT2D eigenvalue weighted by Crippen LogP contribution is -2.50. The third-order valence-corrected chi connectivity index (χ3v) is 10.3. The topological polar surface area (TPSA) is 38.0 Å². The Morgan fingerprint density at radius 3 is 2.58 bits per heavy atom. The third-order valence-electron chi connectivity index (χ3n) is 10.3. The van der Waals surface area contributed by atoms with Gasteiger partial charge in [-0.1, -0.05) is 55.8 Å². The third kappa shape index (κ3) is 2.69. The maximum atomic E-state index is 10.3. The predicted octanol–water partition coefficient (Wildman–Crippen LogP) is 6.96. The molecule has 6 atom stereocenters. The highest BCUT2D eigenvalue weighted by molar-refractivity contribution is 5.96. The Hall–Kier alpha value is -2.39. The van der Waals surface area contributed by atoms with Crippen LogP contribution in [0.15, 0.2) is 60.5 Å². The Morgan fingerprint density at radius 2 is 1.73 bits per heavy atom. The first-order valence-corrected chi connectivity index (χ1v) is 12.9. The van der Waals surface area contributed by atoms with E-state index in [1.165, 1.54) is 47.7 Å². The Bertz CT molecular complexity index is 1330. The molecule has 1 aromatic heterocycles. The van der Waals surface area contributed by atoms with Crippen LogP contribution in [-0.4, -0.2) is 20.8 Å². The molecule has 170 valence electrons. The zero-order valence-electron chi connectivity index (χ0n) is 19.8. The zero-order valence-corrected chi connectivity index (χ0v) is 19.8. The molecule has 7 rings (SSSR count). The molecule has 2 saturated carbocycles. The SMILES string of the molecule is C[C@]12CCC(O)CC1=CC[C@@H]1[C@@H]2CC[C@]2(C)C(n3cnc4cc5ccccc5cc43)=CC[C@@H]12. The van der Waals surface area contributed by atoms with Crippen LogP contribution < -0.4 is 0 Å². The van der Waals surface area contributed by atoms with Gasteiger partial charge < -0.3 is 9.67 Å². The summed E-state index contributed by atoms with van der Waals surface area (Å²) in [6.45, 7) is 5.05. The van der Waals surface area contributed by atoms with E-state index in [1.807, 2.05) is 0 Å². The molecule has 3 heteroatoms. The minimum absolute atomic E-state index is 0.125. The van der Waals surface area contributed by atoms with E-state index in [1.54, 1.807) is 5.57 Å². The summed E-state index contributed by atoms with van der Waals surface area (Å²) in [5, 5.41) is 12.8. The van der Waals surface area contributed by atoms with E-state index < -0.39 is 0 Å². The number of aromatic nitrogens is 2. The number of nitrogens with zero attached hydrogens (tertiary/aromatic N) is 2. The van der Waals surface area contributed by atoms with Gasteiger partial charge in [0.25, 0.3) is 0 Å². The van der Waals surface area contributed by atoms with Crippen molar-refractivity contribution in [2.24, 2.45) is 28.6 Å². The first kappa shape index (κ1) is 20.0. The van der Waals surface area contributed by atoms with Crippen LogP contribution in [0, 0.1) is 28.6 Å². The molecule has 0 bridgehead atoms. The van der Waals surface area contributed by atoms with Gasteiger partial charge in [-0.05, 0) is 91.0 Å². The summed E-state index contributed by atoms with van der Waals surface area (Å²) in [4.78, 5) is 4.82. The fourth-order valence-electron chi connectivity index (χ4n) is 8.45. The van der Waals surface area contributed by atoms with Gasteiger partial charge in [0.15, 0.2) is 0 Å². The normalized spacial score (nSPS) is 37.9. The number of benzene rings is 2. The molecule has 33 heavy (non-hydrogen) atoms. The lowest BCUT2D eigenvalue weighted by Gasteiger charge is -2.57. The van der Waals surface area contributed by atoms with E-state index in [4.69, 9.17) is 4.98 Å². The fourth-order valence-corrected chi connectivity index (χ4v) is 8.45. The van der Waals surface area contributed by atoms with E-state index in [0.717, 1.165) is 36.6 Å². The van der Waals surface area contributed by atoms with Crippen molar-refractivity contribution in [1.82, 2.24) is 9.55 Å². The fraction of sp³-hybridized carbons (Fsp3) is 0.500. The van der Waals surface area contributed by atoms with Gasteiger partial charge in [-0.25, -0.2) is 4.98 Å². The molecule has 4 aliphatic rings. The lowest BCUT2D eigenvalue weighted by atomic mass is 9.48. The summed E-state index contributed by atoms with van der Waals surface area (Å²) in [6.07, 6.45) is 15.0. The van der Waals surface area contributed by atoms with Crippen LogP contribution in [0.1, 0.15) is 58.8 Å². The molecular formula is C30H34N2O. The highest BCUT2D eigenvalue weighted by Crippen LogP contribution is 2.65. The van der Waals surface area contributed by atoms with Gasteiger partial charge in [0.1, 0.15) is 6.33 Å². The van der Waals surface area contributed by atoms with E-state index in [-0.39, 0.29) is 11.5 Å². The van der Waals surface area contributed by atoms with Crippen molar-refractivity contribution in [3.8, 4) is 0 Å². The molecule has 0 aliphatic heterocycles. The zero-order chi connectivity index (χ0) is 22.4. The van der Waals surface area contributed by atoms with Crippen LogP contribution in [0.25, 0.3) is 27.5 Å². The minimum Gasteiger partial charge on any atom is -0.393 e. The summed E-state index contributed by atoms with van der Waals surface area (Å²) in [5.41, 5.74) is 5.87. The van der Waals surface area contributed by atoms with E-state index in [2.05, 4.69) is 73.3 Å². The standard InChI is InChI=1S/C30H34N2O/c1-29-13-11-22(33)17-21(29)7-8-23-24-9-10-28(30(24,2)14-12-25(23)29)32-18-31-26-15-19-5-3-4-6-20(19)16-27(26)32/h3-7,10,15-16,18,22-25,33H,8-9,11-14,17H2,1-2H3/t22?,23-,24-,25-,29-,30-/m0/s1. The van der Waals surface area contributed by atoms with Crippen molar-refractivity contribution in [2.45, 2.75) is 64.9 Å². The number of imidazole rings is 1. The van der Waals surface area contributed by atoms with Crippen molar-refractivity contribution in [1.29, 1.82) is 0 Å². The Labute approximate surface area is 196 Å². The molecule has 1 N–H and O–H groups in total. The summed E-state index contributed by atoms with van der Waals surface area (Å²) in [6, 6.07) is 13.2. The molecule has 0 spiro atoms. The van der Waals surface area contributed by atoms with Gasteiger partial charge in [-0.2, -0.15) is 0 Å². The maximum Gasteiger partial charge on any atom is 0.100 e. The largest absolute Gasteiger partial charge is 0.393 e. The second kappa shape index (κ2) is 6.82. The first-order valence-electron chi connectivity index (χ1n) is 12.9. The number of hydrogen-bond donors (Lipinski definition) is 1. The molecule has 2 fully saturated rings. The van der Waals surface area contributed by atoms with E-state index in [9.17, 15) is 5.11 Å². The van der Waals surface area contributed by atoms with Crippen LogP contribution >= 0.6 is 0 Å². The molecule has 0 amide bonds. The molecule has 0 saturated heterocycles. The molecule has 1 heterocycles. The average Bonchev–Trinajstić information content (AvgIpc) is 3.37. The molecule has 3 nitrogen and oxygen atoms in total. The summed E-state index contributed by atoms with van der Waals surface area (Å²) < 4.78 is 2.41. The maximum absolute atomic E-state index is 10.3. The highest BCUT2D eigenvalue weighted by Gasteiger charge is 2.57. The summed E-state index contributed by atoms with van der Waals surface area (Å²) in [5.74, 6) is 2.21. The average molecular weight is 439 g/mol. The Kier molecular flexibility index (Phi) is 4.14. The second-order valence-electron chi connectivity index (χ2n) is 11.7. The number of hydrogen-bond acceptors (Lipinski definition) is 2. The predicted molar refractivity (Wildman–Crippen MR) is 135 cm³/mol. The molecular weight excluding hydrogens is 404 g/mol. The molecule has 1 unspecified atom stereocenters. The van der Waals surface area contributed by atoms with Crippen LogP contribution in [0.2, 0.25) is 0 Å². The number of aliphatic hydroxyl groups excluding tert-OH is 1. The molecule has 4 aliphatic carbocycles. The van der Waals surface area contributed by atoms with Gasteiger partial charge in [-0.3, -0.25) is 0 Å². The number of rotatable bonds is 1. The summed E-state index contributed by atoms with van der Waals surface area (Å²) >= 11 is 0. The number of aliphatic hydroxyl groups is 1. The smallest absolute Gasteiger partial charge is 0.100 e. The van der Waals surface area contributed by atoms with Gasteiger partial charge in [0, 0.05) is 11.1 Å². The van der Waals surface area contributed by atoms with Crippen molar-refractivity contribution in [2.75, 3.05) is 0 Å². The van der Waals surface area contributed by atoms with Crippen LogP contribution in [-0.2, 0) is 0 Å². The quantitative estimate of drug-likeness (QED) is 0.417. The Balaban J connectivity index is 1.27. The first-order chi connectivity index (χ1) is 16.0. The van der Waals surface area contributed by atoms with E-state index >= 15 is 0 Å². The van der Waals surface area contributed by atoms with Crippen molar-refractivity contribution < 1.29 is 5.11 Å². The van der Waals surface area contributed by atoms with Gasteiger partial charge in [-0.15, -0.1) is 0 Å². The van der Waals surface area contributed by atoms with Crippen molar-refractivity contribution in [3.63, 3.8) is 0 Å². The van der Waals surface area contributed by atoms with Gasteiger partial charge >= 0.3 is 0 Å². The van der Waals surface area contributed by atoms with Crippen molar-refractivity contribution >= 4 is 27.5 Å². The molecule has 2 aromatic carbocycles. The summed E-state index contributed by atoms with van der Waals surface area (Å²) in [7, 11) is 0. The number of allylic oxidation sites excluding steroid dienone is 3. The van der Waals surface area contributed by atoms with Crippen LogP contribution in [0.3, 0.4) is 0 Å². The minimum atomic E-state index is -0.125. The molecule has 3 aromatic rings. The number of fused-ring (bicyclic) bond motifs is 7. The van der Waals surface area contributed by atoms with Crippen LogP contribution in [0.4, 0.5) is 0 Å². The second-order valence-corrected chi connectivity index (χ2v) is 11.7. The van der Waals surface area contributed by atoms with Crippen molar-refractivity contribution in [3.05, 3.63) is 60.5 Å². The van der Waals surface area contributed by atoms with Gasteiger partial charge in [0.2, 0.25) is 0 Å². The molecule has 0 radical (unpaired) electrons. The van der Waals surface area contributed by atoms with E-state index in [0.29, 0.717) is 11.3 Å². The van der Waals surface area contributed by atoms with Crippen LogP contribution in [0.5, 0.6) is 0 Å². The Morgan fingerprint density at radius 1 is 0.939 bits per heavy atom. The monoisotopic (exact) mass is 438 g/mol. The van der Waals surface area contributed by atoms with Gasteiger partial charge in [0.05, 0.1) is 17.1 Å².